The summed E-state index contributed by atoms with van der Waals surface area (Å²) in [7, 11) is 0. The first-order valence-corrected chi connectivity index (χ1v) is 8.00. The number of hydrogen-bond acceptors (Lipinski definition) is 2. The zero-order valence-electron chi connectivity index (χ0n) is 13.2. The van der Waals surface area contributed by atoms with Gasteiger partial charge in [-0.25, -0.2) is 9.97 Å². The van der Waals surface area contributed by atoms with Gasteiger partial charge in [-0.1, -0.05) is 54.6 Å². The van der Waals surface area contributed by atoms with Gasteiger partial charge in [0.1, 0.15) is 0 Å². The monoisotopic (exact) mass is 298 g/mol. The predicted molar refractivity (Wildman–Crippen MR) is 95.0 cm³/mol. The van der Waals surface area contributed by atoms with Crippen molar-refractivity contribution in [2.75, 3.05) is 0 Å². The minimum Gasteiger partial charge on any atom is -0.233 e. The van der Waals surface area contributed by atoms with Gasteiger partial charge in [-0.3, -0.25) is 0 Å². The van der Waals surface area contributed by atoms with Crippen molar-refractivity contribution in [3.05, 3.63) is 77.5 Å². The molecule has 4 rings (SSSR count). The highest BCUT2D eigenvalue weighted by atomic mass is 14.9. The van der Waals surface area contributed by atoms with Crippen LogP contribution in [0, 0.1) is 6.92 Å². The molecule has 0 saturated heterocycles. The highest BCUT2D eigenvalue weighted by Gasteiger charge is 2.10. The Morgan fingerprint density at radius 3 is 2.61 bits per heavy atom. The van der Waals surface area contributed by atoms with E-state index in [0.29, 0.717) is 0 Å². The fourth-order valence-corrected chi connectivity index (χ4v) is 3.02. The molecule has 2 aromatic carbocycles. The van der Waals surface area contributed by atoms with Gasteiger partial charge in [-0.2, -0.15) is 0 Å². The zero-order chi connectivity index (χ0) is 15.6. The van der Waals surface area contributed by atoms with E-state index in [1.807, 2.05) is 37.3 Å². The second kappa shape index (κ2) is 5.81. The number of fused-ring (bicyclic) bond motifs is 1. The molecule has 1 heterocycles. The maximum absolute atomic E-state index is 4.79. The molecule has 3 aromatic rings. The lowest BCUT2D eigenvalue weighted by Crippen LogP contribution is -1.97. The normalized spacial score (nSPS) is 12.9. The molecule has 1 aliphatic rings. The average Bonchev–Trinajstić information content (AvgIpc) is 2.61. The lowest BCUT2D eigenvalue weighted by atomic mass is 9.94. The first-order valence-electron chi connectivity index (χ1n) is 8.00. The summed E-state index contributed by atoms with van der Waals surface area (Å²) < 4.78 is 0. The maximum Gasteiger partial charge on any atom is 0.160 e. The summed E-state index contributed by atoms with van der Waals surface area (Å²) in [6, 6.07) is 18.8. The SMILES string of the molecule is Cc1cc(-c2ccc3c(c2)C=CCC3)nc(-c2ccccc2)n1. The molecule has 0 saturated carbocycles. The Kier molecular flexibility index (Phi) is 3.51. The molecule has 2 nitrogen and oxygen atoms in total. The predicted octanol–water partition coefficient (Wildman–Crippen LogP) is 5.08. The summed E-state index contributed by atoms with van der Waals surface area (Å²) in [5.74, 6) is 0.786. The molecule has 112 valence electrons. The standard InChI is InChI=1S/C21H18N2/c1-15-13-20(23-21(22-15)17-8-3-2-4-9-17)19-12-11-16-7-5-6-10-18(16)14-19/h2-4,6,8-14H,5,7H2,1H3. The van der Waals surface area contributed by atoms with E-state index in [2.05, 4.69) is 41.4 Å². The van der Waals surface area contributed by atoms with Crippen molar-refractivity contribution in [3.63, 3.8) is 0 Å². The molecule has 1 aromatic heterocycles. The minimum atomic E-state index is 0.786. The van der Waals surface area contributed by atoms with Crippen LogP contribution in [0.4, 0.5) is 0 Å². The van der Waals surface area contributed by atoms with Crippen molar-refractivity contribution in [1.82, 2.24) is 9.97 Å². The Bertz CT molecular complexity index is 880. The van der Waals surface area contributed by atoms with E-state index in [1.54, 1.807) is 0 Å². The number of allylic oxidation sites excluding steroid dienone is 1. The van der Waals surface area contributed by atoms with Crippen LogP contribution in [-0.2, 0) is 6.42 Å². The Morgan fingerprint density at radius 1 is 0.870 bits per heavy atom. The average molecular weight is 298 g/mol. The van der Waals surface area contributed by atoms with Crippen molar-refractivity contribution in [1.29, 1.82) is 0 Å². The van der Waals surface area contributed by atoms with Crippen molar-refractivity contribution < 1.29 is 0 Å². The van der Waals surface area contributed by atoms with Crippen LogP contribution in [0.3, 0.4) is 0 Å². The van der Waals surface area contributed by atoms with Crippen molar-refractivity contribution in [2.24, 2.45) is 0 Å². The number of benzene rings is 2. The van der Waals surface area contributed by atoms with Crippen LogP contribution >= 0.6 is 0 Å². The lowest BCUT2D eigenvalue weighted by Gasteiger charge is -2.12. The Labute approximate surface area is 136 Å². The number of aromatic nitrogens is 2. The third-order valence-corrected chi connectivity index (χ3v) is 4.21. The van der Waals surface area contributed by atoms with E-state index in [1.165, 1.54) is 11.1 Å². The highest BCUT2D eigenvalue weighted by molar-refractivity contribution is 5.69. The fourth-order valence-electron chi connectivity index (χ4n) is 3.02. The van der Waals surface area contributed by atoms with Gasteiger partial charge in [0.05, 0.1) is 5.69 Å². The number of rotatable bonds is 2. The van der Waals surface area contributed by atoms with Crippen LogP contribution in [0.25, 0.3) is 28.7 Å². The van der Waals surface area contributed by atoms with E-state index in [0.717, 1.165) is 41.2 Å². The van der Waals surface area contributed by atoms with Crippen LogP contribution in [0.15, 0.2) is 60.7 Å². The molecule has 0 atom stereocenters. The van der Waals surface area contributed by atoms with Gasteiger partial charge in [0, 0.05) is 16.8 Å². The number of nitrogens with zero attached hydrogens (tertiary/aromatic N) is 2. The smallest absolute Gasteiger partial charge is 0.160 e. The van der Waals surface area contributed by atoms with Gasteiger partial charge >= 0.3 is 0 Å². The van der Waals surface area contributed by atoms with Gasteiger partial charge in [-0.05, 0) is 43.0 Å². The van der Waals surface area contributed by atoms with Crippen LogP contribution in [0.2, 0.25) is 0 Å². The van der Waals surface area contributed by atoms with Crippen LogP contribution in [-0.4, -0.2) is 9.97 Å². The zero-order valence-corrected chi connectivity index (χ0v) is 13.2. The molecule has 0 amide bonds. The minimum absolute atomic E-state index is 0.786. The Hall–Kier alpha value is -2.74. The van der Waals surface area contributed by atoms with Crippen molar-refractivity contribution >= 4 is 6.08 Å². The topological polar surface area (TPSA) is 25.8 Å². The molecule has 0 bridgehead atoms. The highest BCUT2D eigenvalue weighted by Crippen LogP contribution is 2.27. The first kappa shape index (κ1) is 13.9. The Morgan fingerprint density at radius 2 is 1.74 bits per heavy atom. The second-order valence-corrected chi connectivity index (χ2v) is 5.94. The molecule has 0 unspecified atom stereocenters. The van der Waals surface area contributed by atoms with Crippen molar-refractivity contribution in [3.8, 4) is 22.6 Å². The first-order chi connectivity index (χ1) is 11.3. The molecule has 2 heteroatoms. The molecule has 0 radical (unpaired) electrons. The molecule has 0 fully saturated rings. The third-order valence-electron chi connectivity index (χ3n) is 4.21. The number of hydrogen-bond donors (Lipinski definition) is 0. The molecule has 0 N–H and O–H groups in total. The van der Waals surface area contributed by atoms with Gasteiger partial charge < -0.3 is 0 Å². The van der Waals surface area contributed by atoms with Crippen molar-refractivity contribution in [2.45, 2.75) is 19.8 Å². The summed E-state index contributed by atoms with van der Waals surface area (Å²) >= 11 is 0. The molecule has 0 aliphatic heterocycles. The summed E-state index contributed by atoms with van der Waals surface area (Å²) in [5, 5.41) is 0. The summed E-state index contributed by atoms with van der Waals surface area (Å²) in [6.45, 7) is 2.02. The van der Waals surface area contributed by atoms with E-state index >= 15 is 0 Å². The maximum atomic E-state index is 4.79. The van der Waals surface area contributed by atoms with Gasteiger partial charge in [0.15, 0.2) is 5.82 Å². The lowest BCUT2D eigenvalue weighted by molar-refractivity contribution is 0.985. The van der Waals surface area contributed by atoms with Crippen LogP contribution in [0.1, 0.15) is 23.2 Å². The van der Waals surface area contributed by atoms with E-state index in [4.69, 9.17) is 4.98 Å². The molecular formula is C21H18N2. The van der Waals surface area contributed by atoms with E-state index in [-0.39, 0.29) is 0 Å². The summed E-state index contributed by atoms with van der Waals surface area (Å²) in [5.41, 5.74) is 6.91. The third kappa shape index (κ3) is 2.80. The summed E-state index contributed by atoms with van der Waals surface area (Å²) in [6.07, 6.45) is 6.72. The molecule has 0 spiro atoms. The second-order valence-electron chi connectivity index (χ2n) is 5.94. The van der Waals surface area contributed by atoms with E-state index < -0.39 is 0 Å². The quantitative estimate of drug-likeness (QED) is 0.659. The largest absolute Gasteiger partial charge is 0.233 e. The summed E-state index contributed by atoms with van der Waals surface area (Å²) in [4.78, 5) is 9.38. The van der Waals surface area contributed by atoms with E-state index in [9.17, 15) is 0 Å². The molecular weight excluding hydrogens is 280 g/mol. The van der Waals surface area contributed by atoms with Gasteiger partial charge in [0.2, 0.25) is 0 Å². The Balaban J connectivity index is 1.81. The van der Waals surface area contributed by atoms with Crippen LogP contribution in [0.5, 0.6) is 0 Å². The van der Waals surface area contributed by atoms with Crippen LogP contribution < -0.4 is 0 Å². The van der Waals surface area contributed by atoms with Gasteiger partial charge in [-0.15, -0.1) is 0 Å². The molecule has 23 heavy (non-hydrogen) atoms. The van der Waals surface area contributed by atoms with Gasteiger partial charge in [0.25, 0.3) is 0 Å². The number of aryl methyl sites for hydroxylation is 2. The fraction of sp³-hybridized carbons (Fsp3) is 0.143. The molecule has 1 aliphatic carbocycles.